The Hall–Kier alpha value is -2.17. The normalized spacial score (nSPS) is 18.4. The number of fused-ring (bicyclic) bond motifs is 1. The molecule has 1 atom stereocenters. The molecule has 0 spiro atoms. The number of benzene rings is 1. The number of rotatable bonds is 4. The highest BCUT2D eigenvalue weighted by atomic mass is 16.4. The number of carboxylic acids is 1. The number of carbonyl (C=O) groups is 3. The summed E-state index contributed by atoms with van der Waals surface area (Å²) in [6, 6.07) is 6.67. The van der Waals surface area contributed by atoms with E-state index in [0.717, 1.165) is 6.42 Å². The average molecular weight is 275 g/mol. The summed E-state index contributed by atoms with van der Waals surface area (Å²) in [6.07, 6.45) is 0.751. The summed E-state index contributed by atoms with van der Waals surface area (Å²) in [6.45, 7) is 4.48. The lowest BCUT2D eigenvalue weighted by atomic mass is 9.90. The van der Waals surface area contributed by atoms with Crippen molar-refractivity contribution in [3.8, 4) is 0 Å². The van der Waals surface area contributed by atoms with Gasteiger partial charge >= 0.3 is 5.97 Å². The van der Waals surface area contributed by atoms with Gasteiger partial charge in [-0.2, -0.15) is 0 Å². The second-order valence-corrected chi connectivity index (χ2v) is 5.33. The maximum atomic E-state index is 12.3. The summed E-state index contributed by atoms with van der Waals surface area (Å²) < 4.78 is 0. The van der Waals surface area contributed by atoms with E-state index in [0.29, 0.717) is 23.7 Å². The number of carboxylic acid groups (broad SMARTS) is 1. The number of Topliss-reactive ketones (excluding diaryl/α,β-unsaturated/α-hetero) is 1. The van der Waals surface area contributed by atoms with Crippen LogP contribution in [0.2, 0.25) is 0 Å². The molecule has 2 rings (SSSR count). The number of ketones is 1. The Labute approximate surface area is 117 Å². The van der Waals surface area contributed by atoms with E-state index in [1.165, 1.54) is 4.90 Å². The molecule has 0 fully saturated rings. The van der Waals surface area contributed by atoms with Gasteiger partial charge in [0, 0.05) is 12.1 Å². The van der Waals surface area contributed by atoms with Gasteiger partial charge < -0.3 is 10.0 Å². The molecule has 106 valence electrons. The first-order chi connectivity index (χ1) is 9.43. The van der Waals surface area contributed by atoms with Gasteiger partial charge in [0.25, 0.3) is 0 Å². The summed E-state index contributed by atoms with van der Waals surface area (Å²) in [4.78, 5) is 37.0. The molecule has 0 aromatic heterocycles. The number of anilines is 1. The van der Waals surface area contributed by atoms with Gasteiger partial charge in [0.2, 0.25) is 5.91 Å². The summed E-state index contributed by atoms with van der Waals surface area (Å²) in [7, 11) is 0. The second-order valence-electron chi connectivity index (χ2n) is 5.33. The van der Waals surface area contributed by atoms with Crippen LogP contribution in [0.3, 0.4) is 0 Å². The topological polar surface area (TPSA) is 74.7 Å². The van der Waals surface area contributed by atoms with Crippen molar-refractivity contribution in [2.24, 2.45) is 11.8 Å². The van der Waals surface area contributed by atoms with Crippen molar-refractivity contribution < 1.29 is 19.5 Å². The highest BCUT2D eigenvalue weighted by Crippen LogP contribution is 2.31. The molecule has 1 aliphatic heterocycles. The molecular formula is C15H17NO4. The van der Waals surface area contributed by atoms with Crippen molar-refractivity contribution in [3.63, 3.8) is 0 Å². The van der Waals surface area contributed by atoms with Crippen LogP contribution in [0.1, 0.15) is 30.6 Å². The summed E-state index contributed by atoms with van der Waals surface area (Å²) in [5, 5.41) is 9.13. The van der Waals surface area contributed by atoms with E-state index in [9.17, 15) is 14.4 Å². The number of amides is 1. The monoisotopic (exact) mass is 275 g/mol. The lowest BCUT2D eigenvalue weighted by molar-refractivity contribution is -0.144. The van der Waals surface area contributed by atoms with Crippen LogP contribution in [0.25, 0.3) is 0 Å². The van der Waals surface area contributed by atoms with Crippen molar-refractivity contribution in [2.45, 2.75) is 20.3 Å². The maximum Gasteiger partial charge on any atom is 0.324 e. The number of hydrogen-bond donors (Lipinski definition) is 1. The number of nitrogens with zero attached hydrogens (tertiary/aromatic N) is 1. The quantitative estimate of drug-likeness (QED) is 0.852. The predicted molar refractivity (Wildman–Crippen MR) is 73.7 cm³/mol. The van der Waals surface area contributed by atoms with E-state index in [1.807, 2.05) is 13.8 Å². The van der Waals surface area contributed by atoms with Gasteiger partial charge in [0.05, 0.1) is 5.69 Å². The Morgan fingerprint density at radius 1 is 1.30 bits per heavy atom. The molecule has 1 N–H and O–H groups in total. The molecule has 5 nitrogen and oxygen atoms in total. The van der Waals surface area contributed by atoms with Crippen molar-refractivity contribution >= 4 is 23.3 Å². The van der Waals surface area contributed by atoms with Crippen molar-refractivity contribution in [1.29, 1.82) is 0 Å². The fourth-order valence-corrected chi connectivity index (χ4v) is 2.30. The van der Waals surface area contributed by atoms with Gasteiger partial charge in [0.1, 0.15) is 0 Å². The standard InChI is InChI=1S/C15H17NO4/c1-9(2)7-8-16-11-6-4-3-5-10(11)13(17)12(14(16)18)15(19)20/h3-6,9,12H,7-8H2,1-2H3,(H,19,20). The van der Waals surface area contributed by atoms with Crippen LogP contribution in [0, 0.1) is 11.8 Å². The van der Waals surface area contributed by atoms with Gasteiger partial charge in [0.15, 0.2) is 11.7 Å². The first kappa shape index (κ1) is 14.2. The lowest BCUT2D eigenvalue weighted by Crippen LogP contribution is -2.48. The Morgan fingerprint density at radius 2 is 1.95 bits per heavy atom. The summed E-state index contributed by atoms with van der Waals surface area (Å²) >= 11 is 0. The summed E-state index contributed by atoms with van der Waals surface area (Å²) in [5.41, 5.74) is 0.823. The Balaban J connectivity index is 2.44. The smallest absolute Gasteiger partial charge is 0.324 e. The van der Waals surface area contributed by atoms with E-state index >= 15 is 0 Å². The minimum Gasteiger partial charge on any atom is -0.480 e. The van der Waals surface area contributed by atoms with E-state index in [2.05, 4.69) is 0 Å². The van der Waals surface area contributed by atoms with Gasteiger partial charge in [-0.3, -0.25) is 14.4 Å². The highest BCUT2D eigenvalue weighted by Gasteiger charge is 2.43. The first-order valence-electron chi connectivity index (χ1n) is 6.61. The second kappa shape index (κ2) is 5.45. The number of carbonyl (C=O) groups excluding carboxylic acids is 2. The van der Waals surface area contributed by atoms with Crippen LogP contribution in [-0.2, 0) is 9.59 Å². The van der Waals surface area contributed by atoms with Crippen LogP contribution in [-0.4, -0.2) is 29.3 Å². The molecule has 0 aliphatic carbocycles. The third kappa shape index (κ3) is 2.43. The van der Waals surface area contributed by atoms with Gasteiger partial charge in [-0.1, -0.05) is 26.0 Å². The highest BCUT2D eigenvalue weighted by molar-refractivity contribution is 6.30. The van der Waals surface area contributed by atoms with Crippen LogP contribution < -0.4 is 4.90 Å². The third-order valence-corrected chi connectivity index (χ3v) is 3.41. The third-order valence-electron chi connectivity index (χ3n) is 3.41. The SMILES string of the molecule is CC(C)CCN1C(=O)C(C(=O)O)C(=O)c2ccccc21. The van der Waals surface area contributed by atoms with E-state index in [-0.39, 0.29) is 0 Å². The maximum absolute atomic E-state index is 12.3. The predicted octanol–water partition coefficient (Wildman–Crippen LogP) is 1.96. The number of aliphatic carboxylic acids is 1. The largest absolute Gasteiger partial charge is 0.480 e. The Kier molecular flexibility index (Phi) is 3.88. The molecule has 20 heavy (non-hydrogen) atoms. The molecule has 0 bridgehead atoms. The molecule has 1 heterocycles. The van der Waals surface area contributed by atoms with Crippen molar-refractivity contribution in [1.82, 2.24) is 0 Å². The molecule has 0 radical (unpaired) electrons. The first-order valence-corrected chi connectivity index (χ1v) is 6.61. The molecule has 0 saturated heterocycles. The minimum atomic E-state index is -1.61. The van der Waals surface area contributed by atoms with Crippen LogP contribution in [0.4, 0.5) is 5.69 Å². The zero-order chi connectivity index (χ0) is 14.9. The van der Waals surface area contributed by atoms with Gasteiger partial charge in [-0.25, -0.2) is 0 Å². The Morgan fingerprint density at radius 3 is 2.55 bits per heavy atom. The van der Waals surface area contributed by atoms with Gasteiger partial charge in [-0.05, 0) is 24.5 Å². The zero-order valence-electron chi connectivity index (χ0n) is 11.5. The molecule has 1 aromatic rings. The van der Waals surface area contributed by atoms with Crippen molar-refractivity contribution in [2.75, 3.05) is 11.4 Å². The molecule has 0 saturated carbocycles. The zero-order valence-corrected chi connectivity index (χ0v) is 11.5. The number of para-hydroxylation sites is 1. The van der Waals surface area contributed by atoms with E-state index in [1.54, 1.807) is 24.3 Å². The van der Waals surface area contributed by atoms with Gasteiger partial charge in [-0.15, -0.1) is 0 Å². The van der Waals surface area contributed by atoms with E-state index in [4.69, 9.17) is 5.11 Å². The average Bonchev–Trinajstić information content (AvgIpc) is 2.38. The summed E-state index contributed by atoms with van der Waals surface area (Å²) in [5.74, 6) is -3.88. The molecule has 1 aliphatic rings. The Bertz CT molecular complexity index is 565. The molecular weight excluding hydrogens is 258 g/mol. The minimum absolute atomic E-state index is 0.309. The number of hydrogen-bond acceptors (Lipinski definition) is 3. The fourth-order valence-electron chi connectivity index (χ4n) is 2.30. The van der Waals surface area contributed by atoms with E-state index < -0.39 is 23.6 Å². The molecule has 1 unspecified atom stereocenters. The van der Waals surface area contributed by atoms with Crippen LogP contribution in [0.15, 0.2) is 24.3 Å². The van der Waals surface area contributed by atoms with Crippen LogP contribution >= 0.6 is 0 Å². The molecule has 1 amide bonds. The lowest BCUT2D eigenvalue weighted by Gasteiger charge is -2.32. The molecule has 1 aromatic carbocycles. The molecule has 5 heteroatoms. The van der Waals surface area contributed by atoms with Crippen LogP contribution in [0.5, 0.6) is 0 Å². The van der Waals surface area contributed by atoms with Crippen molar-refractivity contribution in [3.05, 3.63) is 29.8 Å². The fraction of sp³-hybridized carbons (Fsp3) is 0.400.